The van der Waals surface area contributed by atoms with Crippen LogP contribution in [0.2, 0.25) is 0 Å². The zero-order valence-corrected chi connectivity index (χ0v) is 8.80. The first-order valence-electron chi connectivity index (χ1n) is 2.58. The van der Waals surface area contributed by atoms with E-state index in [0.29, 0.717) is 0 Å². The molecule has 0 spiro atoms. The van der Waals surface area contributed by atoms with E-state index in [1.165, 1.54) is 6.92 Å². The molecule has 6 heteroatoms. The van der Waals surface area contributed by atoms with Gasteiger partial charge in [-0.05, 0) is 6.92 Å². The van der Waals surface area contributed by atoms with E-state index in [1.54, 1.807) is 6.92 Å². The van der Waals surface area contributed by atoms with E-state index < -0.39 is 17.7 Å². The topological polar surface area (TPSA) is 26.3 Å². The smallest absolute Gasteiger partial charge is 0.380 e. The summed E-state index contributed by atoms with van der Waals surface area (Å²) in [5.41, 5.74) is -0.574. The number of carbonyl (C=O) groups is 1. The molecule has 0 saturated carbocycles. The number of halogens is 3. The van der Waals surface area contributed by atoms with Gasteiger partial charge >= 0.3 is 12.0 Å². The molecule has 0 aliphatic carbocycles. The van der Waals surface area contributed by atoms with E-state index in [1.807, 2.05) is 0 Å². The quantitative estimate of drug-likeness (QED) is 0.406. The van der Waals surface area contributed by atoms with Gasteiger partial charge in [0.25, 0.3) is 0 Å². The van der Waals surface area contributed by atoms with Crippen molar-refractivity contribution < 1.29 is 9.53 Å². The lowest BCUT2D eigenvalue weighted by molar-refractivity contribution is -0.142. The van der Waals surface area contributed by atoms with E-state index in [2.05, 4.69) is 4.74 Å². The Labute approximate surface area is 74.5 Å². The molecule has 0 bridgehead atoms. The highest BCUT2D eigenvalue weighted by Crippen LogP contribution is 2.25. The first-order valence-corrected chi connectivity index (χ1v) is 7.69. The van der Waals surface area contributed by atoms with Gasteiger partial charge in [-0.15, -0.1) is 33.2 Å². The zero-order chi connectivity index (χ0) is 8.36. The van der Waals surface area contributed by atoms with E-state index in [4.69, 9.17) is 33.2 Å². The van der Waals surface area contributed by atoms with Crippen molar-refractivity contribution in [1.82, 2.24) is 0 Å². The van der Waals surface area contributed by atoms with Gasteiger partial charge in [0.05, 0.1) is 0 Å². The Morgan fingerprint density at radius 2 is 1.90 bits per heavy atom. The molecule has 1 atom stereocenters. The molecule has 0 aromatic heterocycles. The van der Waals surface area contributed by atoms with Gasteiger partial charge in [-0.1, -0.05) is 0 Å². The molecular weight excluding hydrogens is 214 g/mol. The van der Waals surface area contributed by atoms with Crippen LogP contribution in [-0.4, -0.2) is 17.7 Å². The lowest BCUT2D eigenvalue weighted by atomic mass is 10.8. The van der Waals surface area contributed by atoms with Crippen molar-refractivity contribution in [3.8, 4) is 0 Å². The molecule has 1 unspecified atom stereocenters. The Bertz CT molecular complexity index is 133. The van der Waals surface area contributed by atoms with Crippen LogP contribution in [0.15, 0.2) is 0 Å². The second kappa shape index (κ2) is 3.81. The molecule has 0 saturated heterocycles. The summed E-state index contributed by atoms with van der Waals surface area (Å²) in [7, 11) is 0. The lowest BCUT2D eigenvalue weighted by Crippen LogP contribution is -2.32. The highest BCUT2D eigenvalue weighted by atomic mass is 35.8. The molecule has 2 nitrogen and oxygen atoms in total. The summed E-state index contributed by atoms with van der Waals surface area (Å²) in [5.74, 6) is -0.425. The van der Waals surface area contributed by atoms with Gasteiger partial charge in [-0.2, -0.15) is 0 Å². The Balaban J connectivity index is 3.85. The number of esters is 1. The molecule has 0 radical (unpaired) electrons. The summed E-state index contributed by atoms with van der Waals surface area (Å²) >= 11 is 16.6. The van der Waals surface area contributed by atoms with Crippen molar-refractivity contribution in [2.75, 3.05) is 0 Å². The van der Waals surface area contributed by atoms with Gasteiger partial charge in [0, 0.05) is 6.92 Å². The van der Waals surface area contributed by atoms with Crippen LogP contribution >= 0.6 is 33.2 Å². The third kappa shape index (κ3) is 4.38. The number of ether oxygens (including phenoxy) is 1. The van der Waals surface area contributed by atoms with E-state index in [9.17, 15) is 4.79 Å². The maximum absolute atomic E-state index is 10.3. The average Bonchev–Trinajstić information content (AvgIpc) is 1.60. The summed E-state index contributed by atoms with van der Waals surface area (Å²) in [6.45, 7) is 2.85. The standard InChI is InChI=1S/C4H7Cl3O2Si/c1-3(8)9-4(2)10(5,6)7/h4H,1-2H3. The largest absolute Gasteiger partial charge is 0.462 e. The SMILES string of the molecule is CC(=O)OC(C)[Si](Cl)(Cl)Cl. The van der Waals surface area contributed by atoms with Crippen molar-refractivity contribution in [2.45, 2.75) is 19.6 Å². The van der Waals surface area contributed by atoms with Gasteiger partial charge in [0.1, 0.15) is 5.73 Å². The molecular formula is C4H7Cl3O2Si. The molecule has 0 aliphatic rings. The van der Waals surface area contributed by atoms with Crippen molar-refractivity contribution in [1.29, 1.82) is 0 Å². The van der Waals surface area contributed by atoms with Crippen molar-refractivity contribution in [3.05, 3.63) is 0 Å². The van der Waals surface area contributed by atoms with E-state index >= 15 is 0 Å². The number of rotatable bonds is 2. The average molecular weight is 222 g/mol. The Morgan fingerprint density at radius 3 is 2.00 bits per heavy atom. The first-order chi connectivity index (χ1) is 4.34. The van der Waals surface area contributed by atoms with Crippen LogP contribution in [0.3, 0.4) is 0 Å². The Morgan fingerprint density at radius 1 is 1.50 bits per heavy atom. The predicted octanol–water partition coefficient (Wildman–Crippen LogP) is 2.13. The molecule has 0 aromatic carbocycles. The fourth-order valence-corrected chi connectivity index (χ4v) is 1.02. The molecule has 10 heavy (non-hydrogen) atoms. The molecule has 0 fully saturated rings. The van der Waals surface area contributed by atoms with Crippen molar-refractivity contribution in [2.24, 2.45) is 0 Å². The van der Waals surface area contributed by atoms with Gasteiger partial charge in [-0.3, -0.25) is 4.79 Å². The molecule has 0 N–H and O–H groups in total. The fraction of sp³-hybridized carbons (Fsp3) is 0.750. The monoisotopic (exact) mass is 220 g/mol. The highest BCUT2D eigenvalue weighted by Gasteiger charge is 2.35. The van der Waals surface area contributed by atoms with Crippen LogP contribution in [0.4, 0.5) is 0 Å². The highest BCUT2D eigenvalue weighted by molar-refractivity contribution is 7.65. The maximum Gasteiger partial charge on any atom is 0.380 e. The number of carbonyl (C=O) groups excluding carboxylic acids is 1. The molecule has 0 rings (SSSR count). The van der Waals surface area contributed by atoms with Crippen LogP contribution in [-0.2, 0) is 9.53 Å². The molecule has 60 valence electrons. The molecule has 0 heterocycles. The second-order valence-electron chi connectivity index (χ2n) is 1.79. The molecule has 0 aromatic rings. The van der Waals surface area contributed by atoms with Crippen LogP contribution in [0.5, 0.6) is 0 Å². The third-order valence-corrected chi connectivity index (χ3v) is 4.61. The minimum atomic E-state index is -2.85. The van der Waals surface area contributed by atoms with Crippen LogP contribution in [0.25, 0.3) is 0 Å². The minimum Gasteiger partial charge on any atom is -0.462 e. The lowest BCUT2D eigenvalue weighted by Gasteiger charge is -2.16. The third-order valence-electron chi connectivity index (χ3n) is 0.804. The summed E-state index contributed by atoms with van der Waals surface area (Å²) < 4.78 is 4.64. The van der Waals surface area contributed by atoms with Crippen LogP contribution in [0.1, 0.15) is 13.8 Å². The summed E-state index contributed by atoms with van der Waals surface area (Å²) in [4.78, 5) is 10.3. The number of hydrogen-bond acceptors (Lipinski definition) is 2. The van der Waals surface area contributed by atoms with Gasteiger partial charge in [-0.25, -0.2) is 0 Å². The van der Waals surface area contributed by atoms with Crippen LogP contribution < -0.4 is 0 Å². The van der Waals surface area contributed by atoms with Crippen molar-refractivity contribution in [3.63, 3.8) is 0 Å². The summed E-state index contributed by atoms with van der Waals surface area (Å²) in [6, 6.07) is -2.85. The first kappa shape index (κ1) is 10.6. The van der Waals surface area contributed by atoms with Crippen LogP contribution in [0, 0.1) is 0 Å². The van der Waals surface area contributed by atoms with E-state index in [-0.39, 0.29) is 0 Å². The minimum absolute atomic E-state index is 0.425. The normalized spacial score (nSPS) is 14.5. The van der Waals surface area contributed by atoms with Gasteiger partial charge in [0.2, 0.25) is 0 Å². The zero-order valence-electron chi connectivity index (χ0n) is 5.53. The Hall–Kier alpha value is 0.557. The molecule has 0 aliphatic heterocycles. The predicted molar refractivity (Wildman–Crippen MR) is 44.5 cm³/mol. The fourth-order valence-electron chi connectivity index (χ4n) is 0.316. The van der Waals surface area contributed by atoms with Gasteiger partial charge < -0.3 is 4.74 Å². The summed E-state index contributed by atoms with van der Waals surface area (Å²) in [5, 5.41) is 0. The van der Waals surface area contributed by atoms with Crippen molar-refractivity contribution >= 4 is 45.2 Å². The maximum atomic E-state index is 10.3. The van der Waals surface area contributed by atoms with E-state index in [0.717, 1.165) is 0 Å². The molecule has 0 amide bonds. The second-order valence-corrected chi connectivity index (χ2v) is 10.8. The van der Waals surface area contributed by atoms with Gasteiger partial charge in [0.15, 0.2) is 0 Å². The summed E-state index contributed by atoms with van der Waals surface area (Å²) in [6.07, 6.45) is 0. The Kier molecular flexibility index (Phi) is 4.02. The number of hydrogen-bond donors (Lipinski definition) is 0.